The van der Waals surface area contributed by atoms with Gasteiger partial charge in [0.15, 0.2) is 0 Å². The third kappa shape index (κ3) is 4.05. The van der Waals surface area contributed by atoms with E-state index in [1.807, 2.05) is 12.1 Å². The van der Waals surface area contributed by atoms with Gasteiger partial charge >= 0.3 is 0 Å². The van der Waals surface area contributed by atoms with Gasteiger partial charge < -0.3 is 5.73 Å². The van der Waals surface area contributed by atoms with Gasteiger partial charge in [-0.2, -0.15) is 0 Å². The van der Waals surface area contributed by atoms with Gasteiger partial charge in [0.25, 0.3) is 0 Å². The van der Waals surface area contributed by atoms with Gasteiger partial charge in [0, 0.05) is 12.1 Å². The van der Waals surface area contributed by atoms with Crippen LogP contribution in [0.3, 0.4) is 0 Å². The molecule has 118 valence electrons. The van der Waals surface area contributed by atoms with Gasteiger partial charge in [-0.1, -0.05) is 44.7 Å². The van der Waals surface area contributed by atoms with Crippen molar-refractivity contribution in [1.29, 1.82) is 0 Å². The summed E-state index contributed by atoms with van der Waals surface area (Å²) in [6.07, 6.45) is 6.92. The quantitative estimate of drug-likeness (QED) is 0.848. The predicted octanol–water partition coefficient (Wildman–Crippen LogP) is 2.58. The lowest BCUT2D eigenvalue weighted by Crippen LogP contribution is -2.54. The van der Waals surface area contributed by atoms with Crippen molar-refractivity contribution in [3.05, 3.63) is 29.8 Å². The molecule has 1 aromatic rings. The Morgan fingerprint density at radius 1 is 1.14 bits per heavy atom. The van der Waals surface area contributed by atoms with E-state index < -0.39 is 15.6 Å². The van der Waals surface area contributed by atoms with Crippen LogP contribution in [-0.4, -0.2) is 20.5 Å². The summed E-state index contributed by atoms with van der Waals surface area (Å²) in [7, 11) is -3.49. The summed E-state index contributed by atoms with van der Waals surface area (Å²) in [6, 6.07) is 7.18. The predicted molar refractivity (Wildman–Crippen MR) is 85.6 cm³/mol. The highest BCUT2D eigenvalue weighted by Crippen LogP contribution is 2.29. The second-order valence-corrected chi connectivity index (χ2v) is 7.73. The molecule has 3 N–H and O–H groups in total. The highest BCUT2D eigenvalue weighted by atomic mass is 32.2. The molecular weight excluding hydrogens is 284 g/mol. The van der Waals surface area contributed by atoms with Crippen LogP contribution in [-0.2, 0) is 16.4 Å². The van der Waals surface area contributed by atoms with Crippen molar-refractivity contribution < 1.29 is 8.42 Å². The maximum absolute atomic E-state index is 12.6. The number of nitrogens with two attached hydrogens (primary N) is 1. The summed E-state index contributed by atoms with van der Waals surface area (Å²) in [5, 5.41) is 0. The molecule has 4 nitrogen and oxygen atoms in total. The molecule has 5 heteroatoms. The summed E-state index contributed by atoms with van der Waals surface area (Å²) >= 11 is 0. The van der Waals surface area contributed by atoms with Crippen molar-refractivity contribution >= 4 is 10.0 Å². The van der Waals surface area contributed by atoms with E-state index >= 15 is 0 Å². The lowest BCUT2D eigenvalue weighted by molar-refractivity contribution is 0.276. The van der Waals surface area contributed by atoms with Gasteiger partial charge in [-0.05, 0) is 37.0 Å². The van der Waals surface area contributed by atoms with Crippen LogP contribution in [0.1, 0.15) is 51.0 Å². The molecule has 0 atom stereocenters. The highest BCUT2D eigenvalue weighted by Gasteiger charge is 2.35. The van der Waals surface area contributed by atoms with E-state index in [9.17, 15) is 8.42 Å². The molecule has 1 saturated carbocycles. The van der Waals surface area contributed by atoms with Crippen molar-refractivity contribution in [2.75, 3.05) is 6.54 Å². The first-order valence-corrected chi connectivity index (χ1v) is 9.33. The Kier molecular flexibility index (Phi) is 5.41. The fraction of sp³-hybridized carbons (Fsp3) is 0.625. The second-order valence-electron chi connectivity index (χ2n) is 6.04. The van der Waals surface area contributed by atoms with E-state index in [4.69, 9.17) is 5.73 Å². The third-order valence-electron chi connectivity index (χ3n) is 4.32. The van der Waals surface area contributed by atoms with E-state index in [0.717, 1.165) is 44.9 Å². The van der Waals surface area contributed by atoms with E-state index in [0.29, 0.717) is 11.4 Å². The monoisotopic (exact) mass is 310 g/mol. The molecule has 0 heterocycles. The standard InChI is InChI=1S/C16H26N2O2S/c1-2-6-14-7-9-15(10-8-14)21(19,20)18-16(13-17)11-4-3-5-12-16/h7-10,18H,2-6,11-13,17H2,1H3. The van der Waals surface area contributed by atoms with E-state index in [1.165, 1.54) is 5.56 Å². The number of hydrogen-bond donors (Lipinski definition) is 2. The maximum Gasteiger partial charge on any atom is 0.241 e. The molecule has 1 aromatic carbocycles. The molecule has 0 aromatic heterocycles. The van der Waals surface area contributed by atoms with Crippen LogP contribution in [0.15, 0.2) is 29.2 Å². The highest BCUT2D eigenvalue weighted by molar-refractivity contribution is 7.89. The molecule has 1 fully saturated rings. The smallest absolute Gasteiger partial charge is 0.241 e. The number of aryl methyl sites for hydroxylation is 1. The average Bonchev–Trinajstić information content (AvgIpc) is 2.49. The van der Waals surface area contributed by atoms with Crippen LogP contribution >= 0.6 is 0 Å². The molecule has 1 aliphatic carbocycles. The fourth-order valence-corrected chi connectivity index (χ4v) is 4.51. The van der Waals surface area contributed by atoms with Crippen LogP contribution in [0.5, 0.6) is 0 Å². The Balaban J connectivity index is 2.16. The normalized spacial score (nSPS) is 18.6. The summed E-state index contributed by atoms with van der Waals surface area (Å²) in [5.74, 6) is 0. The summed E-state index contributed by atoms with van der Waals surface area (Å²) in [5.41, 5.74) is 6.57. The summed E-state index contributed by atoms with van der Waals surface area (Å²) < 4.78 is 28.0. The molecular formula is C16H26N2O2S. The SMILES string of the molecule is CCCc1ccc(S(=O)(=O)NC2(CN)CCCCC2)cc1. The van der Waals surface area contributed by atoms with Gasteiger partial charge in [-0.15, -0.1) is 0 Å². The Bertz CT molecular complexity index is 546. The lowest BCUT2D eigenvalue weighted by atomic mass is 9.83. The lowest BCUT2D eigenvalue weighted by Gasteiger charge is -2.36. The molecule has 0 unspecified atom stereocenters. The van der Waals surface area contributed by atoms with Crippen LogP contribution in [0.2, 0.25) is 0 Å². The number of hydrogen-bond acceptors (Lipinski definition) is 3. The molecule has 0 aliphatic heterocycles. The third-order valence-corrected chi connectivity index (χ3v) is 5.92. The average molecular weight is 310 g/mol. The Hall–Kier alpha value is -0.910. The number of nitrogens with one attached hydrogen (secondary N) is 1. The van der Waals surface area contributed by atoms with Gasteiger partial charge in [0.1, 0.15) is 0 Å². The van der Waals surface area contributed by atoms with Crippen molar-refractivity contribution in [3.63, 3.8) is 0 Å². The van der Waals surface area contributed by atoms with E-state index in [1.54, 1.807) is 12.1 Å². The van der Waals surface area contributed by atoms with E-state index in [2.05, 4.69) is 11.6 Å². The minimum atomic E-state index is -3.49. The van der Waals surface area contributed by atoms with Crippen LogP contribution in [0.25, 0.3) is 0 Å². The molecule has 0 amide bonds. The van der Waals surface area contributed by atoms with Gasteiger partial charge in [-0.3, -0.25) is 0 Å². The molecule has 1 aliphatic rings. The van der Waals surface area contributed by atoms with Crippen LogP contribution in [0, 0.1) is 0 Å². The first-order valence-electron chi connectivity index (χ1n) is 7.84. The maximum atomic E-state index is 12.6. The minimum Gasteiger partial charge on any atom is -0.329 e. The van der Waals surface area contributed by atoms with Gasteiger partial charge in [0.2, 0.25) is 10.0 Å². The Labute approximate surface area is 128 Å². The Morgan fingerprint density at radius 3 is 2.29 bits per heavy atom. The first kappa shape index (κ1) is 16.5. The first-order chi connectivity index (χ1) is 10.0. The molecule has 0 radical (unpaired) electrons. The van der Waals surface area contributed by atoms with Crippen molar-refractivity contribution in [1.82, 2.24) is 4.72 Å². The topological polar surface area (TPSA) is 72.2 Å². The largest absolute Gasteiger partial charge is 0.329 e. The number of sulfonamides is 1. The number of benzene rings is 1. The number of rotatable bonds is 6. The van der Waals surface area contributed by atoms with Crippen molar-refractivity contribution in [3.8, 4) is 0 Å². The zero-order valence-electron chi connectivity index (χ0n) is 12.8. The molecule has 0 bridgehead atoms. The van der Waals surface area contributed by atoms with Crippen molar-refractivity contribution in [2.24, 2.45) is 5.73 Å². The fourth-order valence-electron chi connectivity index (χ4n) is 3.04. The molecule has 0 spiro atoms. The van der Waals surface area contributed by atoms with E-state index in [-0.39, 0.29) is 0 Å². The Morgan fingerprint density at radius 2 is 1.76 bits per heavy atom. The van der Waals surface area contributed by atoms with Crippen molar-refractivity contribution in [2.45, 2.75) is 62.3 Å². The zero-order chi connectivity index (χ0) is 15.3. The molecule has 0 saturated heterocycles. The molecule has 21 heavy (non-hydrogen) atoms. The van der Waals surface area contributed by atoms with Gasteiger partial charge in [0.05, 0.1) is 4.90 Å². The zero-order valence-corrected chi connectivity index (χ0v) is 13.6. The molecule has 2 rings (SSSR count). The minimum absolute atomic E-state index is 0.334. The summed E-state index contributed by atoms with van der Waals surface area (Å²) in [4.78, 5) is 0.334. The van der Waals surface area contributed by atoms with Crippen LogP contribution < -0.4 is 10.5 Å². The summed E-state index contributed by atoms with van der Waals surface area (Å²) in [6.45, 7) is 2.47. The second kappa shape index (κ2) is 6.90. The van der Waals surface area contributed by atoms with Gasteiger partial charge in [-0.25, -0.2) is 13.1 Å². The van der Waals surface area contributed by atoms with Crippen LogP contribution in [0.4, 0.5) is 0 Å².